The van der Waals surface area contributed by atoms with Crippen molar-refractivity contribution in [3.05, 3.63) is 53.9 Å². The van der Waals surface area contributed by atoms with E-state index in [1.165, 1.54) is 0 Å². The summed E-state index contributed by atoms with van der Waals surface area (Å²) in [4.78, 5) is 26.2. The standard InChI is InChI=1S/C19H26N4O3/c1-22(2)16(15-9-7-11-23(15)3)13-21-19(25)18(24)20-12-14-8-5-6-10-17(14)26-4/h5-11,16H,12-13H2,1-4H3,(H,20,24)(H,21,25)/t16-/m1/s1. The first-order valence-corrected chi connectivity index (χ1v) is 8.39. The number of carbonyl (C=O) groups excluding carboxylic acids is 2. The molecule has 0 unspecified atom stereocenters. The SMILES string of the molecule is COc1ccccc1CNC(=O)C(=O)NC[C@H](c1cccn1C)N(C)C. The number of amides is 2. The van der Waals surface area contributed by atoms with Crippen LogP contribution < -0.4 is 15.4 Å². The Morgan fingerprint density at radius 3 is 2.42 bits per heavy atom. The molecule has 7 heteroatoms. The van der Waals surface area contributed by atoms with E-state index in [1.807, 2.05) is 73.2 Å². The minimum absolute atomic E-state index is 0.0269. The zero-order valence-corrected chi connectivity index (χ0v) is 15.7. The van der Waals surface area contributed by atoms with E-state index in [-0.39, 0.29) is 12.6 Å². The predicted octanol–water partition coefficient (Wildman–Crippen LogP) is 1.07. The predicted molar refractivity (Wildman–Crippen MR) is 99.7 cm³/mol. The fraction of sp³-hybridized carbons (Fsp3) is 0.368. The number of aryl methyl sites for hydroxylation is 1. The molecule has 1 aromatic heterocycles. The van der Waals surface area contributed by atoms with Crippen molar-refractivity contribution in [2.45, 2.75) is 12.6 Å². The van der Waals surface area contributed by atoms with Crippen molar-refractivity contribution in [1.82, 2.24) is 20.1 Å². The minimum atomic E-state index is -0.666. The Bertz CT molecular complexity index is 755. The van der Waals surface area contributed by atoms with Crippen LogP contribution in [0.25, 0.3) is 0 Å². The third kappa shape index (κ3) is 4.86. The van der Waals surface area contributed by atoms with Crippen LogP contribution in [0.4, 0.5) is 0 Å². The zero-order chi connectivity index (χ0) is 19.1. The quantitative estimate of drug-likeness (QED) is 0.726. The van der Waals surface area contributed by atoms with Gasteiger partial charge in [-0.1, -0.05) is 18.2 Å². The molecule has 140 valence electrons. The Hall–Kier alpha value is -2.80. The molecule has 0 saturated carbocycles. The second kappa shape index (κ2) is 9.05. The van der Waals surface area contributed by atoms with Gasteiger partial charge in [0.25, 0.3) is 0 Å². The molecule has 0 aliphatic rings. The molecule has 0 spiro atoms. The summed E-state index contributed by atoms with van der Waals surface area (Å²) in [5.41, 5.74) is 1.87. The van der Waals surface area contributed by atoms with Gasteiger partial charge in [-0.2, -0.15) is 0 Å². The van der Waals surface area contributed by atoms with Gasteiger partial charge in [0.15, 0.2) is 0 Å². The van der Waals surface area contributed by atoms with Gasteiger partial charge in [-0.15, -0.1) is 0 Å². The minimum Gasteiger partial charge on any atom is -0.496 e. The van der Waals surface area contributed by atoms with Crippen molar-refractivity contribution in [2.75, 3.05) is 27.7 Å². The Labute approximate surface area is 153 Å². The Kier molecular flexibility index (Phi) is 6.80. The fourth-order valence-electron chi connectivity index (χ4n) is 2.75. The molecule has 1 heterocycles. The summed E-state index contributed by atoms with van der Waals surface area (Å²) in [5.74, 6) is -0.647. The maximum absolute atomic E-state index is 12.1. The number of likely N-dealkylation sites (N-methyl/N-ethyl adjacent to an activating group) is 1. The molecule has 26 heavy (non-hydrogen) atoms. The number of benzene rings is 1. The number of para-hydroxylation sites is 1. The molecule has 2 N–H and O–H groups in total. The molecular weight excluding hydrogens is 332 g/mol. The molecule has 0 radical (unpaired) electrons. The number of hydrogen-bond acceptors (Lipinski definition) is 4. The molecule has 0 aliphatic carbocycles. The van der Waals surface area contributed by atoms with Crippen LogP contribution in [0.2, 0.25) is 0 Å². The van der Waals surface area contributed by atoms with Crippen LogP contribution in [0.3, 0.4) is 0 Å². The maximum Gasteiger partial charge on any atom is 0.309 e. The summed E-state index contributed by atoms with van der Waals surface area (Å²) in [5, 5.41) is 5.33. The third-order valence-corrected chi connectivity index (χ3v) is 4.24. The van der Waals surface area contributed by atoms with E-state index in [4.69, 9.17) is 4.74 Å². The van der Waals surface area contributed by atoms with E-state index >= 15 is 0 Å². The average Bonchev–Trinajstić information content (AvgIpc) is 3.05. The fourth-order valence-corrected chi connectivity index (χ4v) is 2.75. The summed E-state index contributed by atoms with van der Waals surface area (Å²) in [7, 11) is 7.39. The molecule has 1 aromatic carbocycles. The van der Waals surface area contributed by atoms with Crippen molar-refractivity contribution < 1.29 is 14.3 Å². The number of methoxy groups -OCH3 is 1. The number of nitrogens with zero attached hydrogens (tertiary/aromatic N) is 2. The van der Waals surface area contributed by atoms with Gasteiger partial charge in [-0.25, -0.2) is 0 Å². The van der Waals surface area contributed by atoms with Gasteiger partial charge in [0.1, 0.15) is 5.75 Å². The van der Waals surface area contributed by atoms with E-state index in [0.29, 0.717) is 12.3 Å². The Morgan fingerprint density at radius 2 is 1.81 bits per heavy atom. The Morgan fingerprint density at radius 1 is 1.12 bits per heavy atom. The number of carbonyl (C=O) groups is 2. The smallest absolute Gasteiger partial charge is 0.309 e. The van der Waals surface area contributed by atoms with Gasteiger partial charge in [-0.3, -0.25) is 14.5 Å². The van der Waals surface area contributed by atoms with Crippen molar-refractivity contribution in [2.24, 2.45) is 7.05 Å². The van der Waals surface area contributed by atoms with Crippen molar-refractivity contribution in [3.63, 3.8) is 0 Å². The summed E-state index contributed by atoms with van der Waals surface area (Å²) in [6, 6.07) is 11.3. The molecule has 0 aliphatic heterocycles. The number of ether oxygens (including phenoxy) is 1. The molecule has 1 atom stereocenters. The van der Waals surface area contributed by atoms with Crippen LogP contribution in [-0.4, -0.2) is 49.0 Å². The lowest BCUT2D eigenvalue weighted by atomic mass is 10.2. The molecule has 0 fully saturated rings. The van der Waals surface area contributed by atoms with Crippen molar-refractivity contribution in [1.29, 1.82) is 0 Å². The number of nitrogens with one attached hydrogen (secondary N) is 2. The molecule has 7 nitrogen and oxygen atoms in total. The van der Waals surface area contributed by atoms with Crippen molar-refractivity contribution >= 4 is 11.8 Å². The first kappa shape index (κ1) is 19.5. The highest BCUT2D eigenvalue weighted by Gasteiger charge is 2.20. The number of hydrogen-bond donors (Lipinski definition) is 2. The highest BCUT2D eigenvalue weighted by Crippen LogP contribution is 2.18. The molecule has 0 bridgehead atoms. The van der Waals surface area contributed by atoms with Crippen LogP contribution >= 0.6 is 0 Å². The van der Waals surface area contributed by atoms with E-state index in [9.17, 15) is 9.59 Å². The van der Waals surface area contributed by atoms with E-state index in [2.05, 4.69) is 10.6 Å². The van der Waals surface area contributed by atoms with Gasteiger partial charge in [0.2, 0.25) is 0 Å². The highest BCUT2D eigenvalue weighted by atomic mass is 16.5. The maximum atomic E-state index is 12.1. The zero-order valence-electron chi connectivity index (χ0n) is 15.7. The highest BCUT2D eigenvalue weighted by molar-refractivity contribution is 6.35. The van der Waals surface area contributed by atoms with E-state index < -0.39 is 11.8 Å². The largest absolute Gasteiger partial charge is 0.496 e. The van der Waals surface area contributed by atoms with Gasteiger partial charge < -0.3 is 19.9 Å². The number of aromatic nitrogens is 1. The average molecular weight is 358 g/mol. The van der Waals surface area contributed by atoms with Gasteiger partial charge >= 0.3 is 11.8 Å². The van der Waals surface area contributed by atoms with E-state index in [1.54, 1.807) is 7.11 Å². The normalized spacial score (nSPS) is 11.9. The molecule has 2 rings (SSSR count). The van der Waals surface area contributed by atoms with Gasteiger partial charge in [0, 0.05) is 37.6 Å². The first-order chi connectivity index (χ1) is 12.4. The summed E-state index contributed by atoms with van der Waals surface area (Å²) < 4.78 is 7.23. The summed E-state index contributed by atoms with van der Waals surface area (Å²) in [6.45, 7) is 0.566. The Balaban J connectivity index is 1.90. The first-order valence-electron chi connectivity index (χ1n) is 8.39. The third-order valence-electron chi connectivity index (χ3n) is 4.24. The molecule has 0 saturated heterocycles. The molecule has 2 amide bonds. The van der Waals surface area contributed by atoms with Crippen LogP contribution in [-0.2, 0) is 23.2 Å². The lowest BCUT2D eigenvalue weighted by Crippen LogP contribution is -2.43. The van der Waals surface area contributed by atoms with Crippen LogP contribution in [0.5, 0.6) is 5.75 Å². The van der Waals surface area contributed by atoms with Crippen LogP contribution in [0.1, 0.15) is 17.3 Å². The lowest BCUT2D eigenvalue weighted by molar-refractivity contribution is -0.139. The monoisotopic (exact) mass is 358 g/mol. The second-order valence-electron chi connectivity index (χ2n) is 6.23. The summed E-state index contributed by atoms with van der Waals surface area (Å²) >= 11 is 0. The lowest BCUT2D eigenvalue weighted by Gasteiger charge is -2.25. The van der Waals surface area contributed by atoms with E-state index in [0.717, 1.165) is 11.3 Å². The van der Waals surface area contributed by atoms with Crippen molar-refractivity contribution in [3.8, 4) is 5.75 Å². The van der Waals surface area contributed by atoms with Gasteiger partial charge in [0.05, 0.1) is 13.2 Å². The topological polar surface area (TPSA) is 75.6 Å². The second-order valence-corrected chi connectivity index (χ2v) is 6.23. The van der Waals surface area contributed by atoms with Crippen LogP contribution in [0.15, 0.2) is 42.6 Å². The molecular formula is C19H26N4O3. The number of rotatable bonds is 7. The van der Waals surface area contributed by atoms with Gasteiger partial charge in [-0.05, 0) is 32.3 Å². The molecule has 2 aromatic rings. The van der Waals surface area contributed by atoms with Crippen LogP contribution in [0, 0.1) is 0 Å². The summed E-state index contributed by atoms with van der Waals surface area (Å²) in [6.07, 6.45) is 1.95.